The summed E-state index contributed by atoms with van der Waals surface area (Å²) in [5, 5.41) is 0. The first-order valence-electron chi connectivity index (χ1n) is 7.48. The molecule has 0 bridgehead atoms. The molecule has 1 aliphatic heterocycles. The highest BCUT2D eigenvalue weighted by atomic mass is 16.2. The number of benzene rings is 1. The quantitative estimate of drug-likeness (QED) is 0.596. The fourth-order valence-electron chi connectivity index (χ4n) is 3.02. The lowest BCUT2D eigenvalue weighted by molar-refractivity contribution is 0.0608. The second-order valence-corrected chi connectivity index (χ2v) is 5.82. The third-order valence-electron chi connectivity index (χ3n) is 4.39. The molecule has 0 aliphatic carbocycles. The molecule has 0 N–H and O–H groups in total. The van der Waals surface area contributed by atoms with Gasteiger partial charge in [-0.2, -0.15) is 0 Å². The highest BCUT2D eigenvalue weighted by Gasteiger charge is 2.35. The molecule has 3 aromatic rings. The van der Waals surface area contributed by atoms with Crippen LogP contribution in [0.5, 0.6) is 0 Å². The molecule has 0 saturated heterocycles. The number of rotatable bonds is 2. The maximum absolute atomic E-state index is 12.5. The average Bonchev–Trinajstić information content (AvgIpc) is 3.14. The monoisotopic (exact) mass is 339 g/mol. The summed E-state index contributed by atoms with van der Waals surface area (Å²) in [5.41, 5.74) is -0.0176. The zero-order valence-corrected chi connectivity index (χ0v) is 13.5. The topological polar surface area (TPSA) is 99.2 Å². The number of imide groups is 1. The molecule has 9 heteroatoms. The molecule has 0 atom stereocenters. The number of carbonyl (C=O) groups is 2. The van der Waals surface area contributed by atoms with Gasteiger partial charge in [0.2, 0.25) is 0 Å². The maximum atomic E-state index is 12.5. The number of aryl methyl sites for hydroxylation is 1. The van der Waals surface area contributed by atoms with Gasteiger partial charge < -0.3 is 4.57 Å². The van der Waals surface area contributed by atoms with Crippen LogP contribution in [0.25, 0.3) is 11.2 Å². The van der Waals surface area contributed by atoms with Crippen molar-refractivity contribution in [1.82, 2.24) is 23.6 Å². The van der Waals surface area contributed by atoms with Gasteiger partial charge in [0.25, 0.3) is 17.4 Å². The molecule has 3 heterocycles. The summed E-state index contributed by atoms with van der Waals surface area (Å²) in [4.78, 5) is 54.5. The Morgan fingerprint density at radius 1 is 0.920 bits per heavy atom. The van der Waals surface area contributed by atoms with Crippen LogP contribution < -0.4 is 11.2 Å². The van der Waals surface area contributed by atoms with E-state index in [2.05, 4.69) is 4.98 Å². The summed E-state index contributed by atoms with van der Waals surface area (Å²) in [6.07, 6.45) is 1.34. The fraction of sp³-hybridized carbons (Fsp3) is 0.188. The normalized spacial score (nSPS) is 13.8. The van der Waals surface area contributed by atoms with Crippen molar-refractivity contribution in [2.75, 3.05) is 0 Å². The third-order valence-corrected chi connectivity index (χ3v) is 4.39. The molecule has 9 nitrogen and oxygen atoms in total. The second-order valence-electron chi connectivity index (χ2n) is 5.82. The smallest absolute Gasteiger partial charge is 0.305 e. The van der Waals surface area contributed by atoms with Crippen molar-refractivity contribution in [1.29, 1.82) is 0 Å². The molecule has 0 saturated carbocycles. The molecular weight excluding hydrogens is 326 g/mol. The highest BCUT2D eigenvalue weighted by Crippen LogP contribution is 2.23. The predicted octanol–water partition coefficient (Wildman–Crippen LogP) is -0.313. The Morgan fingerprint density at radius 2 is 1.52 bits per heavy atom. The molecule has 4 rings (SSSR count). The van der Waals surface area contributed by atoms with E-state index in [4.69, 9.17) is 0 Å². The van der Waals surface area contributed by atoms with Gasteiger partial charge >= 0.3 is 5.69 Å². The van der Waals surface area contributed by atoms with Crippen LogP contribution in [0.1, 0.15) is 20.7 Å². The van der Waals surface area contributed by atoms with Gasteiger partial charge in [-0.05, 0) is 12.1 Å². The summed E-state index contributed by atoms with van der Waals surface area (Å²) in [5.74, 6) is -0.854. The Bertz CT molecular complexity index is 1150. The molecule has 25 heavy (non-hydrogen) atoms. The molecule has 2 amide bonds. The van der Waals surface area contributed by atoms with E-state index in [0.717, 1.165) is 9.47 Å². The number of fused-ring (bicyclic) bond motifs is 2. The van der Waals surface area contributed by atoms with Gasteiger partial charge in [-0.1, -0.05) is 12.1 Å². The van der Waals surface area contributed by atoms with Gasteiger partial charge in [0.05, 0.1) is 17.5 Å². The molecule has 1 aliphatic rings. The number of amides is 2. The van der Waals surface area contributed by atoms with Gasteiger partial charge in [0.1, 0.15) is 6.67 Å². The molecule has 126 valence electrons. The molecule has 0 fully saturated rings. The maximum Gasteiger partial charge on any atom is 0.332 e. The summed E-state index contributed by atoms with van der Waals surface area (Å²) in [6, 6.07) is 6.55. The predicted molar refractivity (Wildman–Crippen MR) is 87.2 cm³/mol. The molecule has 2 aromatic heterocycles. The first kappa shape index (κ1) is 15.1. The van der Waals surface area contributed by atoms with Crippen LogP contribution in [-0.4, -0.2) is 35.4 Å². The number of imidazole rings is 1. The van der Waals surface area contributed by atoms with Crippen LogP contribution in [0, 0.1) is 0 Å². The van der Waals surface area contributed by atoms with Crippen molar-refractivity contribution in [3.63, 3.8) is 0 Å². The van der Waals surface area contributed by atoms with Crippen LogP contribution in [-0.2, 0) is 20.8 Å². The van der Waals surface area contributed by atoms with Crippen molar-refractivity contribution < 1.29 is 9.59 Å². The van der Waals surface area contributed by atoms with Gasteiger partial charge in [0.15, 0.2) is 11.2 Å². The minimum atomic E-state index is -0.535. The third kappa shape index (κ3) is 1.92. The minimum absolute atomic E-state index is 0.154. The van der Waals surface area contributed by atoms with E-state index < -0.39 is 23.1 Å². The van der Waals surface area contributed by atoms with E-state index in [-0.39, 0.29) is 17.8 Å². The summed E-state index contributed by atoms with van der Waals surface area (Å²) in [6.45, 7) is -0.156. The van der Waals surface area contributed by atoms with Crippen molar-refractivity contribution in [2.24, 2.45) is 14.1 Å². The number of hydrogen-bond donors (Lipinski definition) is 0. The van der Waals surface area contributed by atoms with Gasteiger partial charge in [-0.25, -0.2) is 9.78 Å². The summed E-state index contributed by atoms with van der Waals surface area (Å²) in [7, 11) is 2.87. The van der Waals surface area contributed by atoms with Crippen LogP contribution in [0.2, 0.25) is 0 Å². The van der Waals surface area contributed by atoms with E-state index in [1.807, 2.05) is 0 Å². The van der Waals surface area contributed by atoms with Gasteiger partial charge in [0, 0.05) is 14.1 Å². The number of aromatic nitrogens is 4. The molecule has 0 spiro atoms. The second kappa shape index (κ2) is 5.00. The van der Waals surface area contributed by atoms with Gasteiger partial charge in [-0.3, -0.25) is 28.4 Å². The zero-order valence-electron chi connectivity index (χ0n) is 13.5. The largest absolute Gasteiger partial charge is 0.332 e. The Morgan fingerprint density at radius 3 is 2.12 bits per heavy atom. The van der Waals surface area contributed by atoms with Gasteiger partial charge in [-0.15, -0.1) is 0 Å². The SMILES string of the molecule is Cn1c(=O)c2c(ncn2CN2C(=O)c3ccccc3C2=O)n(C)c1=O. The van der Waals surface area contributed by atoms with E-state index in [0.29, 0.717) is 11.1 Å². The Kier molecular flexibility index (Phi) is 3.01. The van der Waals surface area contributed by atoms with E-state index in [9.17, 15) is 19.2 Å². The lowest BCUT2D eigenvalue weighted by atomic mass is 10.1. The minimum Gasteiger partial charge on any atom is -0.305 e. The van der Waals surface area contributed by atoms with Crippen LogP contribution >= 0.6 is 0 Å². The fourth-order valence-corrected chi connectivity index (χ4v) is 3.02. The lowest BCUT2D eigenvalue weighted by Crippen LogP contribution is -2.38. The van der Waals surface area contributed by atoms with Crippen molar-refractivity contribution in [2.45, 2.75) is 6.67 Å². The number of carbonyl (C=O) groups excluding carboxylic acids is 2. The Labute approximate surface area is 140 Å². The van der Waals surface area contributed by atoms with E-state index >= 15 is 0 Å². The van der Waals surface area contributed by atoms with Crippen LogP contribution in [0.3, 0.4) is 0 Å². The molecule has 1 aromatic carbocycles. The zero-order chi connectivity index (χ0) is 17.9. The lowest BCUT2D eigenvalue weighted by Gasteiger charge is -2.15. The summed E-state index contributed by atoms with van der Waals surface area (Å²) >= 11 is 0. The van der Waals surface area contributed by atoms with Crippen molar-refractivity contribution >= 4 is 23.0 Å². The molecule has 0 radical (unpaired) electrons. The van der Waals surface area contributed by atoms with Crippen molar-refractivity contribution in [3.05, 3.63) is 62.6 Å². The van der Waals surface area contributed by atoms with E-state index in [1.54, 1.807) is 24.3 Å². The Hall–Kier alpha value is -3.49. The Balaban J connectivity index is 1.84. The average molecular weight is 339 g/mol. The van der Waals surface area contributed by atoms with Crippen LogP contribution in [0.15, 0.2) is 40.2 Å². The highest BCUT2D eigenvalue weighted by molar-refractivity contribution is 6.21. The molecule has 0 unspecified atom stereocenters. The van der Waals surface area contributed by atoms with Crippen molar-refractivity contribution in [3.8, 4) is 0 Å². The van der Waals surface area contributed by atoms with E-state index in [1.165, 1.54) is 29.6 Å². The standard InChI is InChI=1S/C16H13N5O4/c1-18-12-11(15(24)19(2)16(18)25)20(7-17-12)8-21-13(22)9-5-3-4-6-10(9)14(21)23/h3-7H,8H2,1-2H3. The van der Waals surface area contributed by atoms with Crippen LogP contribution in [0.4, 0.5) is 0 Å². The summed E-state index contributed by atoms with van der Waals surface area (Å²) < 4.78 is 3.61. The number of hydrogen-bond acceptors (Lipinski definition) is 5. The molecular formula is C16H13N5O4. The number of nitrogens with zero attached hydrogens (tertiary/aromatic N) is 5. The first-order chi connectivity index (χ1) is 11.9. The first-order valence-corrected chi connectivity index (χ1v) is 7.48.